The Labute approximate surface area is 207 Å². The van der Waals surface area contributed by atoms with Gasteiger partial charge in [0.2, 0.25) is 0 Å². The molecule has 0 saturated carbocycles. The molecule has 0 radical (unpaired) electrons. The molecule has 0 heterocycles. The van der Waals surface area contributed by atoms with E-state index >= 15 is 0 Å². The Kier molecular flexibility index (Phi) is 26.3. The zero-order valence-corrected chi connectivity index (χ0v) is 22.9. The zero-order valence-electron chi connectivity index (χ0n) is 22.1. The van der Waals surface area contributed by atoms with Gasteiger partial charge in [-0.3, -0.25) is 8.57 Å². The lowest BCUT2D eigenvalue weighted by atomic mass is 10.0. The third-order valence-electron chi connectivity index (χ3n) is 6.54. The maximum absolute atomic E-state index is 12.0. The molecule has 33 heavy (non-hydrogen) atoms. The summed E-state index contributed by atoms with van der Waals surface area (Å²) in [5, 5.41) is 0. The van der Waals surface area contributed by atoms with Gasteiger partial charge in [0, 0.05) is 0 Å². The van der Waals surface area contributed by atoms with E-state index in [-0.39, 0.29) is 12.4 Å². The zero-order chi connectivity index (χ0) is 24.3. The molecule has 0 unspecified atom stereocenters. The van der Waals surface area contributed by atoms with Gasteiger partial charge in [0.15, 0.2) is 0 Å². The number of hydrogen-bond donors (Lipinski definition) is 0. The molecule has 0 spiro atoms. The van der Waals surface area contributed by atoms with E-state index in [1.807, 2.05) is 0 Å². The monoisotopic (exact) mass is 492 g/mol. The van der Waals surface area contributed by atoms with Crippen molar-refractivity contribution in [2.45, 2.75) is 161 Å². The fraction of sp³-hybridized carbons (Fsp3) is 1.00. The van der Waals surface area contributed by atoms with Crippen molar-refractivity contribution in [2.75, 3.05) is 19.0 Å². The molecule has 0 aliphatic carbocycles. The van der Waals surface area contributed by atoms with Gasteiger partial charge in [-0.15, -0.1) is 0 Å². The van der Waals surface area contributed by atoms with Crippen LogP contribution in [0.5, 0.6) is 0 Å². The summed E-state index contributed by atoms with van der Waals surface area (Å²) in [5.41, 5.74) is 0. The van der Waals surface area contributed by atoms with E-state index in [0.29, 0.717) is 19.4 Å². The van der Waals surface area contributed by atoms with E-state index in [2.05, 4.69) is 6.92 Å². The number of unbranched alkanes of at least 4 members (excludes halogenated alkanes) is 22. The first-order valence-corrected chi connectivity index (χ1v) is 16.1. The van der Waals surface area contributed by atoms with Crippen molar-refractivity contribution in [1.82, 2.24) is 0 Å². The fourth-order valence-electron chi connectivity index (χ4n) is 4.33. The molecule has 0 bridgehead atoms. The highest BCUT2D eigenvalue weighted by atomic mass is 32.2. The Morgan fingerprint density at radius 2 is 0.818 bits per heavy atom. The van der Waals surface area contributed by atoms with Crippen LogP contribution in [0.3, 0.4) is 0 Å². The summed E-state index contributed by atoms with van der Waals surface area (Å²) in [6.07, 6.45) is 28.6. The second-order valence-corrected chi connectivity index (χ2v) is 11.7. The van der Waals surface area contributed by atoms with Gasteiger partial charge in [-0.1, -0.05) is 142 Å². The molecule has 3 nitrogen and oxygen atoms in total. The van der Waals surface area contributed by atoms with Gasteiger partial charge in [-0.25, -0.2) is 0 Å². The predicted molar refractivity (Wildman–Crippen MR) is 142 cm³/mol. The van der Waals surface area contributed by atoms with Crippen LogP contribution in [0.15, 0.2) is 0 Å². The first kappa shape index (κ1) is 32.8. The highest BCUT2D eigenvalue weighted by Crippen LogP contribution is 2.14. The van der Waals surface area contributed by atoms with Crippen LogP contribution in [0.1, 0.15) is 161 Å². The average Bonchev–Trinajstić information content (AvgIpc) is 2.80. The summed E-state index contributed by atoms with van der Waals surface area (Å²) in [6.45, 7) is 2.43. The van der Waals surface area contributed by atoms with Crippen molar-refractivity contribution in [2.24, 2.45) is 0 Å². The van der Waals surface area contributed by atoms with E-state index in [4.69, 9.17) is 4.18 Å². The van der Waals surface area contributed by atoms with Crippen molar-refractivity contribution in [3.05, 3.63) is 0 Å². The summed E-state index contributed by atoms with van der Waals surface area (Å²) in [4.78, 5) is 0. The van der Waals surface area contributed by atoms with Crippen LogP contribution in [0.4, 0.5) is 4.39 Å². The fourth-order valence-corrected chi connectivity index (χ4v) is 5.38. The van der Waals surface area contributed by atoms with E-state index in [1.54, 1.807) is 0 Å². The second-order valence-electron chi connectivity index (χ2n) is 9.90. The third-order valence-corrected chi connectivity index (χ3v) is 7.85. The first-order valence-electron chi connectivity index (χ1n) is 14.6. The SMILES string of the molecule is CCCCCCCCCCCCCCCCOS(=O)(=O)CCCCCCCCCCCCF. The van der Waals surface area contributed by atoms with Crippen molar-refractivity contribution >= 4 is 10.1 Å². The maximum Gasteiger partial charge on any atom is 0.267 e. The molecule has 0 atom stereocenters. The van der Waals surface area contributed by atoms with Crippen molar-refractivity contribution in [3.63, 3.8) is 0 Å². The molecule has 0 amide bonds. The number of rotatable bonds is 28. The summed E-state index contributed by atoms with van der Waals surface area (Å²) in [7, 11) is -3.34. The summed E-state index contributed by atoms with van der Waals surface area (Å²) in [6, 6.07) is 0. The van der Waals surface area contributed by atoms with Gasteiger partial charge in [-0.05, 0) is 19.3 Å². The van der Waals surface area contributed by atoms with E-state index < -0.39 is 10.1 Å². The molecule has 0 N–H and O–H groups in total. The summed E-state index contributed by atoms with van der Waals surface area (Å²) < 4.78 is 41.1. The van der Waals surface area contributed by atoms with Crippen LogP contribution in [0, 0.1) is 0 Å². The summed E-state index contributed by atoms with van der Waals surface area (Å²) >= 11 is 0. The minimum Gasteiger partial charge on any atom is -0.270 e. The van der Waals surface area contributed by atoms with Gasteiger partial charge in [0.25, 0.3) is 10.1 Å². The van der Waals surface area contributed by atoms with Crippen LogP contribution in [0.25, 0.3) is 0 Å². The lowest BCUT2D eigenvalue weighted by molar-refractivity contribution is 0.305. The van der Waals surface area contributed by atoms with Crippen molar-refractivity contribution in [3.8, 4) is 0 Å². The third kappa shape index (κ3) is 28.0. The Morgan fingerprint density at radius 3 is 1.21 bits per heavy atom. The number of hydrogen-bond acceptors (Lipinski definition) is 3. The van der Waals surface area contributed by atoms with Gasteiger partial charge < -0.3 is 0 Å². The Hall–Kier alpha value is -0.160. The second kappa shape index (κ2) is 26.4. The smallest absolute Gasteiger partial charge is 0.267 e. The lowest BCUT2D eigenvalue weighted by Gasteiger charge is -2.06. The van der Waals surface area contributed by atoms with Crippen LogP contribution < -0.4 is 0 Å². The number of alkyl halides is 1. The van der Waals surface area contributed by atoms with Crippen molar-refractivity contribution in [1.29, 1.82) is 0 Å². The predicted octanol–water partition coefficient (Wildman–Crippen LogP) is 9.68. The maximum atomic E-state index is 12.0. The molecule has 5 heteroatoms. The Balaban J connectivity index is 3.29. The molecule has 200 valence electrons. The molecular formula is C28H57FO3S. The minimum atomic E-state index is -3.34. The van der Waals surface area contributed by atoms with Gasteiger partial charge in [-0.2, -0.15) is 8.42 Å². The molecule has 0 aliphatic rings. The van der Waals surface area contributed by atoms with Gasteiger partial charge in [0.1, 0.15) is 0 Å². The Bertz CT molecular complexity index is 468. The largest absolute Gasteiger partial charge is 0.270 e. The van der Waals surface area contributed by atoms with E-state index in [9.17, 15) is 12.8 Å². The van der Waals surface area contributed by atoms with Gasteiger partial charge in [0.05, 0.1) is 19.0 Å². The molecule has 0 aromatic carbocycles. The normalized spacial score (nSPS) is 11.9. The van der Waals surface area contributed by atoms with E-state index in [1.165, 1.54) is 103 Å². The molecular weight excluding hydrogens is 435 g/mol. The minimum absolute atomic E-state index is 0.162. The quantitative estimate of drug-likeness (QED) is 0.0806. The highest BCUT2D eigenvalue weighted by Gasteiger charge is 2.10. The molecule has 0 fully saturated rings. The van der Waals surface area contributed by atoms with Crippen LogP contribution in [-0.2, 0) is 14.3 Å². The first-order chi connectivity index (χ1) is 16.1. The van der Waals surface area contributed by atoms with Crippen LogP contribution in [0.2, 0.25) is 0 Å². The molecule has 0 rings (SSSR count). The molecule has 0 aromatic heterocycles. The topological polar surface area (TPSA) is 43.4 Å². The van der Waals surface area contributed by atoms with E-state index in [0.717, 1.165) is 38.5 Å². The highest BCUT2D eigenvalue weighted by molar-refractivity contribution is 7.86. The van der Waals surface area contributed by atoms with Gasteiger partial charge >= 0.3 is 0 Å². The molecule has 0 saturated heterocycles. The average molecular weight is 493 g/mol. The molecule has 0 aliphatic heterocycles. The van der Waals surface area contributed by atoms with Crippen LogP contribution in [-0.4, -0.2) is 27.5 Å². The lowest BCUT2D eigenvalue weighted by Crippen LogP contribution is -2.11. The summed E-state index contributed by atoms with van der Waals surface area (Å²) in [5.74, 6) is 0.162. The number of halogens is 1. The van der Waals surface area contributed by atoms with Crippen molar-refractivity contribution < 1.29 is 17.0 Å². The van der Waals surface area contributed by atoms with Crippen LogP contribution >= 0.6 is 0 Å². The Morgan fingerprint density at radius 1 is 0.485 bits per heavy atom. The molecule has 0 aromatic rings. The standard InChI is InChI=1S/C28H57FO3S/c1-2-3-4-5-6-7-8-9-10-12-15-18-21-24-27-32-33(30,31)28-25-22-19-16-13-11-14-17-20-23-26-29/h2-28H2,1H3.